The number of nitrogens with one attached hydrogen (secondary N) is 2. The van der Waals surface area contributed by atoms with Gasteiger partial charge < -0.3 is 10.7 Å². The highest BCUT2D eigenvalue weighted by atomic mass is 79.9. The number of rotatable bonds is 3. The number of nitrogens with two attached hydrogens (primary N) is 1. The third kappa shape index (κ3) is 3.10. The number of anilines is 3. The first-order valence-electron chi connectivity index (χ1n) is 5.13. The van der Waals surface area contributed by atoms with Crippen molar-refractivity contribution < 1.29 is 0 Å². The summed E-state index contributed by atoms with van der Waals surface area (Å²) in [6.07, 6.45) is 0. The molecule has 0 bridgehead atoms. The summed E-state index contributed by atoms with van der Waals surface area (Å²) in [6, 6.07) is 7.18. The maximum Gasteiger partial charge on any atom is 0.145 e. The van der Waals surface area contributed by atoms with Crippen LogP contribution >= 0.6 is 27.5 Å². The van der Waals surface area contributed by atoms with Crippen LogP contribution < -0.4 is 16.6 Å². The largest absolute Gasteiger partial charge is 0.339 e. The fourth-order valence-corrected chi connectivity index (χ4v) is 2.22. The van der Waals surface area contributed by atoms with Crippen LogP contribution in [0.25, 0.3) is 0 Å². The zero-order chi connectivity index (χ0) is 13.1. The van der Waals surface area contributed by atoms with Gasteiger partial charge in [-0.25, -0.2) is 15.8 Å². The fourth-order valence-electron chi connectivity index (χ4n) is 1.43. The topological polar surface area (TPSA) is 75.9 Å². The Kier molecular flexibility index (Phi) is 4.00. The van der Waals surface area contributed by atoms with E-state index in [1.54, 1.807) is 25.1 Å². The summed E-state index contributed by atoms with van der Waals surface area (Å²) in [5, 5.41) is 3.83. The van der Waals surface area contributed by atoms with Crippen LogP contribution in [0.5, 0.6) is 0 Å². The number of nitrogen functional groups attached to an aromatic ring is 1. The Bertz CT molecular complexity index is 575. The second-order valence-electron chi connectivity index (χ2n) is 3.58. The van der Waals surface area contributed by atoms with Gasteiger partial charge in [-0.05, 0) is 41.1 Å². The van der Waals surface area contributed by atoms with Gasteiger partial charge >= 0.3 is 0 Å². The van der Waals surface area contributed by atoms with Crippen molar-refractivity contribution in [3.63, 3.8) is 0 Å². The lowest BCUT2D eigenvalue weighted by atomic mass is 10.3. The van der Waals surface area contributed by atoms with Crippen LogP contribution in [-0.2, 0) is 0 Å². The first-order chi connectivity index (χ1) is 8.58. The summed E-state index contributed by atoms with van der Waals surface area (Å²) < 4.78 is 0.855. The molecule has 0 saturated heterocycles. The second kappa shape index (κ2) is 5.51. The molecule has 94 valence electrons. The molecule has 4 N–H and O–H groups in total. The maximum atomic E-state index is 5.88. The molecule has 5 nitrogen and oxygen atoms in total. The molecule has 1 aromatic heterocycles. The average molecular weight is 329 g/mol. The van der Waals surface area contributed by atoms with Crippen molar-refractivity contribution in [3.8, 4) is 0 Å². The predicted octanol–water partition coefficient (Wildman–Crippen LogP) is 3.23. The normalized spacial score (nSPS) is 10.2. The van der Waals surface area contributed by atoms with Crippen molar-refractivity contribution in [3.05, 3.63) is 39.6 Å². The van der Waals surface area contributed by atoms with Crippen LogP contribution in [0, 0.1) is 6.92 Å². The molecule has 1 aromatic carbocycles. The highest BCUT2D eigenvalue weighted by molar-refractivity contribution is 9.10. The minimum absolute atomic E-state index is 0.551. The van der Waals surface area contributed by atoms with E-state index in [9.17, 15) is 0 Å². The SMILES string of the molecule is Cc1nc(NN)cc(Nc2ccc(Cl)cc2Br)n1. The van der Waals surface area contributed by atoms with E-state index in [1.807, 2.05) is 6.07 Å². The predicted molar refractivity (Wildman–Crippen MR) is 77.0 cm³/mol. The number of hydrogen-bond donors (Lipinski definition) is 3. The quantitative estimate of drug-likeness (QED) is 0.596. The molecule has 0 amide bonds. The van der Waals surface area contributed by atoms with Crippen molar-refractivity contribution in [2.75, 3.05) is 10.7 Å². The highest BCUT2D eigenvalue weighted by Crippen LogP contribution is 2.28. The molecular formula is C11H11BrClN5. The van der Waals surface area contributed by atoms with Crippen LogP contribution in [0.1, 0.15) is 5.82 Å². The van der Waals surface area contributed by atoms with Crippen molar-refractivity contribution in [1.29, 1.82) is 0 Å². The number of aromatic nitrogens is 2. The van der Waals surface area contributed by atoms with Gasteiger partial charge in [0.25, 0.3) is 0 Å². The minimum atomic E-state index is 0.551. The number of nitrogens with zero attached hydrogens (tertiary/aromatic N) is 2. The van der Waals surface area contributed by atoms with E-state index >= 15 is 0 Å². The zero-order valence-electron chi connectivity index (χ0n) is 9.54. The van der Waals surface area contributed by atoms with Gasteiger partial charge in [-0.1, -0.05) is 11.6 Å². The molecule has 0 saturated carbocycles. The van der Waals surface area contributed by atoms with Gasteiger partial charge in [0.1, 0.15) is 17.5 Å². The molecule has 0 radical (unpaired) electrons. The molecule has 7 heteroatoms. The van der Waals surface area contributed by atoms with Gasteiger partial charge in [0.2, 0.25) is 0 Å². The molecule has 0 aliphatic heterocycles. The van der Waals surface area contributed by atoms with E-state index in [0.29, 0.717) is 22.5 Å². The summed E-state index contributed by atoms with van der Waals surface area (Å²) in [7, 11) is 0. The smallest absolute Gasteiger partial charge is 0.145 e. The lowest BCUT2D eigenvalue weighted by Crippen LogP contribution is -2.10. The van der Waals surface area contributed by atoms with Gasteiger partial charge in [0, 0.05) is 15.6 Å². The summed E-state index contributed by atoms with van der Waals surface area (Å²) >= 11 is 9.31. The van der Waals surface area contributed by atoms with Crippen LogP contribution in [0.4, 0.5) is 17.3 Å². The Morgan fingerprint density at radius 1 is 1.22 bits per heavy atom. The molecule has 1 heterocycles. The Morgan fingerprint density at radius 3 is 2.61 bits per heavy atom. The molecule has 0 atom stereocenters. The molecule has 0 fully saturated rings. The lowest BCUT2D eigenvalue weighted by Gasteiger charge is -2.10. The van der Waals surface area contributed by atoms with Crippen molar-refractivity contribution in [2.45, 2.75) is 6.92 Å². The van der Waals surface area contributed by atoms with E-state index in [1.165, 1.54) is 0 Å². The summed E-state index contributed by atoms with van der Waals surface area (Å²) in [4.78, 5) is 8.38. The monoisotopic (exact) mass is 327 g/mol. The van der Waals surface area contributed by atoms with E-state index in [-0.39, 0.29) is 0 Å². The van der Waals surface area contributed by atoms with Crippen molar-refractivity contribution in [2.24, 2.45) is 5.84 Å². The van der Waals surface area contributed by atoms with E-state index < -0.39 is 0 Å². The number of hydrogen-bond acceptors (Lipinski definition) is 5. The standard InChI is InChI=1S/C11H11BrClN5/c1-6-15-10(5-11(16-6)18-14)17-9-3-2-7(13)4-8(9)12/h2-5H,14H2,1H3,(H2,15,16,17,18). The first kappa shape index (κ1) is 13.1. The van der Waals surface area contributed by atoms with Crippen LogP contribution in [0.2, 0.25) is 5.02 Å². The first-order valence-corrected chi connectivity index (χ1v) is 6.30. The van der Waals surface area contributed by atoms with Crippen LogP contribution in [0.15, 0.2) is 28.7 Å². The van der Waals surface area contributed by atoms with Gasteiger partial charge in [-0.15, -0.1) is 0 Å². The Balaban J connectivity index is 2.30. The number of aryl methyl sites for hydroxylation is 1. The van der Waals surface area contributed by atoms with Crippen molar-refractivity contribution >= 4 is 44.9 Å². The van der Waals surface area contributed by atoms with Gasteiger partial charge in [-0.2, -0.15) is 0 Å². The Morgan fingerprint density at radius 2 is 1.94 bits per heavy atom. The fraction of sp³-hybridized carbons (Fsp3) is 0.0909. The van der Waals surface area contributed by atoms with Gasteiger partial charge in [0.15, 0.2) is 0 Å². The molecule has 2 rings (SSSR count). The summed E-state index contributed by atoms with van der Waals surface area (Å²) in [5.41, 5.74) is 3.36. The molecule has 0 spiro atoms. The molecule has 0 aliphatic rings. The van der Waals surface area contributed by atoms with Crippen molar-refractivity contribution in [1.82, 2.24) is 9.97 Å². The summed E-state index contributed by atoms with van der Waals surface area (Å²) in [5.74, 6) is 7.16. The van der Waals surface area contributed by atoms with Gasteiger partial charge in [0.05, 0.1) is 5.69 Å². The zero-order valence-corrected chi connectivity index (χ0v) is 11.9. The Labute approximate surface area is 118 Å². The highest BCUT2D eigenvalue weighted by Gasteiger charge is 2.04. The van der Waals surface area contributed by atoms with Crippen LogP contribution in [0.3, 0.4) is 0 Å². The molecular weight excluding hydrogens is 318 g/mol. The average Bonchev–Trinajstić information content (AvgIpc) is 2.32. The van der Waals surface area contributed by atoms with Crippen LogP contribution in [-0.4, -0.2) is 9.97 Å². The summed E-state index contributed by atoms with van der Waals surface area (Å²) in [6.45, 7) is 1.79. The van der Waals surface area contributed by atoms with E-state index in [4.69, 9.17) is 17.4 Å². The van der Waals surface area contributed by atoms with E-state index in [0.717, 1.165) is 10.2 Å². The molecule has 0 unspecified atom stereocenters. The number of halogens is 2. The molecule has 0 aliphatic carbocycles. The third-order valence-electron chi connectivity index (χ3n) is 2.18. The third-order valence-corrected chi connectivity index (χ3v) is 3.07. The number of hydrazine groups is 1. The Hall–Kier alpha value is -1.37. The maximum absolute atomic E-state index is 5.88. The molecule has 2 aromatic rings. The lowest BCUT2D eigenvalue weighted by molar-refractivity contribution is 1.05. The molecule has 18 heavy (non-hydrogen) atoms. The van der Waals surface area contributed by atoms with E-state index in [2.05, 4.69) is 36.6 Å². The minimum Gasteiger partial charge on any atom is -0.339 e. The second-order valence-corrected chi connectivity index (χ2v) is 4.87. The number of benzene rings is 1. The van der Waals surface area contributed by atoms with Gasteiger partial charge in [-0.3, -0.25) is 0 Å².